The van der Waals surface area contributed by atoms with Crippen LogP contribution in [0.2, 0.25) is 0 Å². The van der Waals surface area contributed by atoms with E-state index in [0.717, 1.165) is 0 Å². The van der Waals surface area contributed by atoms with Gasteiger partial charge in [0.2, 0.25) is 0 Å². The first-order valence-electron chi connectivity index (χ1n) is 6.89. The van der Waals surface area contributed by atoms with E-state index in [1.807, 2.05) is 0 Å². The number of esters is 1. The summed E-state index contributed by atoms with van der Waals surface area (Å²) in [5.74, 6) is -0.575. The highest BCUT2D eigenvalue weighted by Crippen LogP contribution is 2.37. The predicted octanol–water partition coefficient (Wildman–Crippen LogP) is 4.61. The summed E-state index contributed by atoms with van der Waals surface area (Å²) in [5.41, 5.74) is 0.387. The fraction of sp³-hybridized carbons (Fsp3) is 0.188. The Hall–Kier alpha value is -2.02. The summed E-state index contributed by atoms with van der Waals surface area (Å²) in [5, 5.41) is 11.3. The molecule has 0 aromatic heterocycles. The molecule has 0 radical (unpaired) electrons. The maximum absolute atomic E-state index is 12.0. The Labute approximate surface area is 158 Å². The van der Waals surface area contributed by atoms with E-state index in [1.165, 1.54) is 25.3 Å². The van der Waals surface area contributed by atoms with Crippen LogP contribution < -0.4 is 4.74 Å². The number of nitro groups is 1. The molecule has 25 heavy (non-hydrogen) atoms. The summed E-state index contributed by atoms with van der Waals surface area (Å²) in [6.45, 7) is 0. The number of carbonyl (C=O) groups is 1. The zero-order valence-corrected chi connectivity index (χ0v) is 15.1. The number of nitrogens with zero attached hydrogens (tertiary/aromatic N) is 1. The lowest BCUT2D eigenvalue weighted by atomic mass is 9.99. The third kappa shape index (κ3) is 4.75. The molecule has 1 unspecified atom stereocenters. The molecule has 0 N–H and O–H groups in total. The van der Waals surface area contributed by atoms with Crippen molar-refractivity contribution in [2.75, 3.05) is 7.11 Å². The van der Waals surface area contributed by atoms with Crippen molar-refractivity contribution >= 4 is 46.5 Å². The average molecular weight is 405 g/mol. The van der Waals surface area contributed by atoms with Crippen molar-refractivity contribution in [2.45, 2.75) is 9.90 Å². The summed E-state index contributed by atoms with van der Waals surface area (Å²) in [6.07, 6.45) is -1.13. The minimum atomic E-state index is -2.31. The largest absolute Gasteiger partial charge is 0.497 e. The third-order valence-corrected chi connectivity index (χ3v) is 3.75. The van der Waals surface area contributed by atoms with Crippen molar-refractivity contribution in [2.24, 2.45) is 0 Å². The predicted molar refractivity (Wildman–Crippen MR) is 94.3 cm³/mol. The first kappa shape index (κ1) is 19.3. The number of ether oxygens (including phenoxy) is 2. The molecule has 0 aliphatic carbocycles. The fourth-order valence-corrected chi connectivity index (χ4v) is 2.27. The van der Waals surface area contributed by atoms with Gasteiger partial charge in [0, 0.05) is 6.07 Å². The van der Waals surface area contributed by atoms with Crippen LogP contribution in [0.5, 0.6) is 5.75 Å². The smallest absolute Gasteiger partial charge is 0.359 e. The molecule has 1 atom stereocenters. The van der Waals surface area contributed by atoms with Crippen molar-refractivity contribution < 1.29 is 19.2 Å². The second-order valence-electron chi connectivity index (χ2n) is 4.87. The van der Waals surface area contributed by atoms with Crippen LogP contribution in [0.3, 0.4) is 0 Å². The topological polar surface area (TPSA) is 78.7 Å². The van der Waals surface area contributed by atoms with Gasteiger partial charge in [-0.3, -0.25) is 10.1 Å². The standard InChI is InChI=1S/C16H12Cl3NO5/c1-24-11-8-6-10(7-9-11)14(25-15(21)16(17,18)19)12-4-2-3-5-13(12)20(22)23/h2-9,14H,1H3. The molecule has 0 spiro atoms. The van der Waals surface area contributed by atoms with Crippen LogP contribution in [-0.4, -0.2) is 21.8 Å². The second kappa shape index (κ2) is 7.91. The number of alkyl halides is 3. The van der Waals surface area contributed by atoms with Crippen LogP contribution in [0, 0.1) is 10.1 Å². The van der Waals surface area contributed by atoms with Gasteiger partial charge in [-0.2, -0.15) is 0 Å². The number of benzene rings is 2. The van der Waals surface area contributed by atoms with Crippen LogP contribution in [0.25, 0.3) is 0 Å². The summed E-state index contributed by atoms with van der Waals surface area (Å²) in [7, 11) is 1.50. The zero-order chi connectivity index (χ0) is 18.6. The lowest BCUT2D eigenvalue weighted by Crippen LogP contribution is -2.25. The summed E-state index contributed by atoms with van der Waals surface area (Å²) < 4.78 is 8.03. The molecule has 0 aliphatic rings. The van der Waals surface area contributed by atoms with Gasteiger partial charge in [0.15, 0.2) is 6.10 Å². The number of halogens is 3. The lowest BCUT2D eigenvalue weighted by Gasteiger charge is -2.21. The molecule has 0 heterocycles. The van der Waals surface area contributed by atoms with E-state index in [9.17, 15) is 14.9 Å². The van der Waals surface area contributed by atoms with Crippen LogP contribution in [0.4, 0.5) is 5.69 Å². The van der Waals surface area contributed by atoms with E-state index < -0.39 is 20.8 Å². The van der Waals surface area contributed by atoms with Gasteiger partial charge in [-0.05, 0) is 23.8 Å². The quantitative estimate of drug-likeness (QED) is 0.315. The Morgan fingerprint density at radius 1 is 1.12 bits per heavy atom. The molecule has 2 rings (SSSR count). The van der Waals surface area contributed by atoms with E-state index in [1.54, 1.807) is 30.3 Å². The SMILES string of the molecule is COc1ccc(C(OC(=O)C(Cl)(Cl)Cl)c2ccccc2[N+](=O)[O-])cc1. The highest BCUT2D eigenvalue weighted by molar-refractivity contribution is 6.75. The van der Waals surface area contributed by atoms with Crippen LogP contribution >= 0.6 is 34.8 Å². The number of methoxy groups -OCH3 is 1. The van der Waals surface area contributed by atoms with Crippen molar-refractivity contribution in [3.63, 3.8) is 0 Å². The highest BCUT2D eigenvalue weighted by Gasteiger charge is 2.37. The van der Waals surface area contributed by atoms with Crippen LogP contribution in [0.1, 0.15) is 17.2 Å². The summed E-state index contributed by atoms with van der Waals surface area (Å²) >= 11 is 16.7. The molecule has 9 heteroatoms. The molecule has 132 valence electrons. The molecular formula is C16H12Cl3NO5. The van der Waals surface area contributed by atoms with Gasteiger partial charge in [-0.25, -0.2) is 4.79 Å². The van der Waals surface area contributed by atoms with Gasteiger partial charge in [-0.1, -0.05) is 59.1 Å². The second-order valence-corrected chi connectivity index (χ2v) is 7.15. The van der Waals surface area contributed by atoms with Gasteiger partial charge < -0.3 is 9.47 Å². The van der Waals surface area contributed by atoms with E-state index in [4.69, 9.17) is 44.3 Å². The van der Waals surface area contributed by atoms with Gasteiger partial charge >= 0.3 is 5.97 Å². The van der Waals surface area contributed by atoms with Crippen molar-refractivity contribution in [1.82, 2.24) is 0 Å². The first-order chi connectivity index (χ1) is 11.7. The van der Waals surface area contributed by atoms with E-state index in [0.29, 0.717) is 11.3 Å². The molecule has 0 amide bonds. The normalized spacial score (nSPS) is 12.3. The maximum atomic E-state index is 12.0. The minimum Gasteiger partial charge on any atom is -0.497 e. The summed E-state index contributed by atoms with van der Waals surface area (Å²) in [6, 6.07) is 12.3. The number of carbonyl (C=O) groups excluding carboxylic acids is 1. The Balaban J connectivity index is 2.52. The van der Waals surface area contributed by atoms with Gasteiger partial charge in [0.05, 0.1) is 17.6 Å². The minimum absolute atomic E-state index is 0.153. The fourth-order valence-electron chi connectivity index (χ4n) is 2.14. The first-order valence-corrected chi connectivity index (χ1v) is 8.02. The molecule has 2 aromatic carbocycles. The summed E-state index contributed by atoms with van der Waals surface area (Å²) in [4.78, 5) is 22.7. The Bertz CT molecular complexity index is 774. The van der Waals surface area contributed by atoms with Crippen molar-refractivity contribution in [1.29, 1.82) is 0 Å². The Kier molecular flexibility index (Phi) is 6.11. The van der Waals surface area contributed by atoms with E-state index in [-0.39, 0.29) is 11.3 Å². The number of rotatable bonds is 5. The van der Waals surface area contributed by atoms with E-state index in [2.05, 4.69) is 0 Å². The van der Waals surface area contributed by atoms with Crippen LogP contribution in [0.15, 0.2) is 48.5 Å². The average Bonchev–Trinajstić information content (AvgIpc) is 2.58. The molecular weight excluding hydrogens is 393 g/mol. The molecule has 6 nitrogen and oxygen atoms in total. The number of nitro benzene ring substituents is 1. The number of hydrogen-bond donors (Lipinski definition) is 0. The van der Waals surface area contributed by atoms with Gasteiger partial charge in [-0.15, -0.1) is 0 Å². The van der Waals surface area contributed by atoms with Gasteiger partial charge in [0.25, 0.3) is 9.48 Å². The highest BCUT2D eigenvalue weighted by atomic mass is 35.6. The van der Waals surface area contributed by atoms with Gasteiger partial charge in [0.1, 0.15) is 5.75 Å². The molecule has 0 saturated carbocycles. The van der Waals surface area contributed by atoms with E-state index >= 15 is 0 Å². The molecule has 0 aliphatic heterocycles. The number of hydrogen-bond acceptors (Lipinski definition) is 5. The lowest BCUT2D eigenvalue weighted by molar-refractivity contribution is -0.386. The van der Waals surface area contributed by atoms with Crippen molar-refractivity contribution in [3.8, 4) is 5.75 Å². The molecule has 0 bridgehead atoms. The Morgan fingerprint density at radius 3 is 2.24 bits per heavy atom. The monoisotopic (exact) mass is 403 g/mol. The van der Waals surface area contributed by atoms with Crippen LogP contribution in [-0.2, 0) is 9.53 Å². The molecule has 0 saturated heterocycles. The third-order valence-electron chi connectivity index (χ3n) is 3.29. The number of para-hydroxylation sites is 1. The zero-order valence-electron chi connectivity index (χ0n) is 12.8. The maximum Gasteiger partial charge on any atom is 0.359 e. The molecule has 2 aromatic rings. The Morgan fingerprint density at radius 2 is 1.72 bits per heavy atom. The van der Waals surface area contributed by atoms with Crippen molar-refractivity contribution in [3.05, 3.63) is 69.8 Å². The molecule has 0 fully saturated rings.